The Morgan fingerprint density at radius 2 is 2.05 bits per heavy atom. The molecule has 0 bridgehead atoms. The van der Waals surface area contributed by atoms with E-state index in [4.69, 9.17) is 16.9 Å². The van der Waals surface area contributed by atoms with Gasteiger partial charge in [0.25, 0.3) is 5.91 Å². The average molecular weight is 317 g/mol. The molecule has 1 aromatic heterocycles. The summed E-state index contributed by atoms with van der Waals surface area (Å²) in [4.78, 5) is 12.7. The van der Waals surface area contributed by atoms with E-state index in [9.17, 15) is 4.79 Å². The number of rotatable bonds is 5. The number of carbonyl (C=O) groups is 1. The summed E-state index contributed by atoms with van der Waals surface area (Å²) in [6.45, 7) is 0.493. The van der Waals surface area contributed by atoms with Crippen molar-refractivity contribution >= 4 is 34.9 Å². The molecule has 0 radical (unpaired) electrons. The first-order chi connectivity index (χ1) is 10.2. The van der Waals surface area contributed by atoms with Crippen LogP contribution in [0.15, 0.2) is 48.0 Å². The highest BCUT2D eigenvalue weighted by Gasteiger charge is 2.09. The van der Waals surface area contributed by atoms with Gasteiger partial charge in [-0.05, 0) is 30.2 Å². The predicted octanol–water partition coefficient (Wildman–Crippen LogP) is 3.67. The number of nitriles is 1. The summed E-state index contributed by atoms with van der Waals surface area (Å²) in [5.74, 6) is -0.363. The summed E-state index contributed by atoms with van der Waals surface area (Å²) in [5.41, 5.74) is 1.23. The number of carbonyl (C=O) groups excluding carboxylic acids is 1. The second kappa shape index (κ2) is 7.63. The number of hydrogen-bond donors (Lipinski definition) is 1. The van der Waals surface area contributed by atoms with Crippen molar-refractivity contribution < 1.29 is 4.79 Å². The first-order valence-corrected chi connectivity index (χ1v) is 7.58. The SMILES string of the molecule is N#C/C(=C\c1ccc(Cl)s1)C(=O)NCCc1ccccc1. The Kier molecular flexibility index (Phi) is 5.56. The van der Waals surface area contributed by atoms with Crippen molar-refractivity contribution in [1.82, 2.24) is 5.32 Å². The molecule has 0 spiro atoms. The molecule has 2 rings (SSSR count). The van der Waals surface area contributed by atoms with E-state index in [2.05, 4.69) is 5.32 Å². The summed E-state index contributed by atoms with van der Waals surface area (Å²) in [6, 6.07) is 15.3. The maximum atomic E-state index is 11.9. The lowest BCUT2D eigenvalue weighted by Crippen LogP contribution is -2.26. The minimum absolute atomic E-state index is 0.0848. The van der Waals surface area contributed by atoms with E-state index < -0.39 is 0 Å². The molecule has 106 valence electrons. The van der Waals surface area contributed by atoms with Gasteiger partial charge in [-0.2, -0.15) is 5.26 Å². The van der Waals surface area contributed by atoms with Crippen LogP contribution in [0.2, 0.25) is 4.34 Å². The van der Waals surface area contributed by atoms with Gasteiger partial charge in [-0.1, -0.05) is 41.9 Å². The first-order valence-electron chi connectivity index (χ1n) is 6.38. The van der Waals surface area contributed by atoms with Gasteiger partial charge in [-0.15, -0.1) is 11.3 Å². The number of nitrogens with zero attached hydrogens (tertiary/aromatic N) is 1. The Morgan fingerprint density at radius 3 is 2.67 bits per heavy atom. The average Bonchev–Trinajstić information content (AvgIpc) is 2.91. The van der Waals surface area contributed by atoms with E-state index in [0.29, 0.717) is 10.9 Å². The van der Waals surface area contributed by atoms with Gasteiger partial charge < -0.3 is 5.32 Å². The van der Waals surface area contributed by atoms with Crippen molar-refractivity contribution in [2.45, 2.75) is 6.42 Å². The van der Waals surface area contributed by atoms with Crippen LogP contribution in [0.4, 0.5) is 0 Å². The van der Waals surface area contributed by atoms with Crippen LogP contribution in [-0.4, -0.2) is 12.5 Å². The van der Waals surface area contributed by atoms with Crippen LogP contribution in [0.5, 0.6) is 0 Å². The number of thiophene rings is 1. The van der Waals surface area contributed by atoms with Crippen molar-refractivity contribution in [3.8, 4) is 6.07 Å². The highest BCUT2D eigenvalue weighted by atomic mass is 35.5. The molecule has 0 saturated heterocycles. The van der Waals surface area contributed by atoms with E-state index >= 15 is 0 Å². The van der Waals surface area contributed by atoms with Gasteiger partial charge in [0.1, 0.15) is 11.6 Å². The molecule has 0 fully saturated rings. The first kappa shape index (κ1) is 15.3. The lowest BCUT2D eigenvalue weighted by molar-refractivity contribution is -0.117. The molecule has 2 aromatic rings. The molecule has 21 heavy (non-hydrogen) atoms. The molecule has 0 unspecified atom stereocenters. The topological polar surface area (TPSA) is 52.9 Å². The van der Waals surface area contributed by atoms with Crippen LogP contribution in [0.25, 0.3) is 6.08 Å². The van der Waals surface area contributed by atoms with Crippen LogP contribution >= 0.6 is 22.9 Å². The highest BCUT2D eigenvalue weighted by Crippen LogP contribution is 2.23. The van der Waals surface area contributed by atoms with Crippen LogP contribution in [-0.2, 0) is 11.2 Å². The minimum Gasteiger partial charge on any atom is -0.351 e. The van der Waals surface area contributed by atoms with Gasteiger partial charge in [0.2, 0.25) is 0 Å². The van der Waals surface area contributed by atoms with E-state index in [1.165, 1.54) is 11.3 Å². The van der Waals surface area contributed by atoms with Crippen LogP contribution in [0.3, 0.4) is 0 Å². The van der Waals surface area contributed by atoms with Gasteiger partial charge in [0, 0.05) is 11.4 Å². The molecule has 1 aromatic carbocycles. The summed E-state index contributed by atoms with van der Waals surface area (Å²) in [6.07, 6.45) is 2.28. The van der Waals surface area contributed by atoms with Gasteiger partial charge in [0.15, 0.2) is 0 Å². The fourth-order valence-corrected chi connectivity index (χ4v) is 2.76. The highest BCUT2D eigenvalue weighted by molar-refractivity contribution is 7.17. The molecule has 0 saturated carbocycles. The Balaban J connectivity index is 1.92. The predicted molar refractivity (Wildman–Crippen MR) is 86.1 cm³/mol. The van der Waals surface area contributed by atoms with Crippen molar-refractivity contribution in [1.29, 1.82) is 5.26 Å². The second-order valence-corrected chi connectivity index (χ2v) is 6.05. The molecule has 3 nitrogen and oxygen atoms in total. The van der Waals surface area contributed by atoms with Crippen molar-refractivity contribution in [2.24, 2.45) is 0 Å². The molecule has 0 aliphatic carbocycles. The molecule has 5 heteroatoms. The largest absolute Gasteiger partial charge is 0.351 e. The fraction of sp³-hybridized carbons (Fsp3) is 0.125. The Hall–Kier alpha value is -2.09. The number of benzene rings is 1. The van der Waals surface area contributed by atoms with Crippen LogP contribution in [0.1, 0.15) is 10.4 Å². The standard InChI is InChI=1S/C16H13ClN2OS/c17-15-7-6-14(21-15)10-13(11-18)16(20)19-9-8-12-4-2-1-3-5-12/h1-7,10H,8-9H2,(H,19,20)/b13-10+. The van der Waals surface area contributed by atoms with Gasteiger partial charge in [-0.25, -0.2) is 0 Å². The lowest BCUT2D eigenvalue weighted by Gasteiger charge is -2.04. The molecule has 1 N–H and O–H groups in total. The molecular formula is C16H13ClN2OS. The Bertz CT molecular complexity index is 686. The molecule has 1 amide bonds. The summed E-state index contributed by atoms with van der Waals surface area (Å²) in [5, 5.41) is 11.8. The normalized spacial score (nSPS) is 11.0. The smallest absolute Gasteiger partial charge is 0.261 e. The third kappa shape index (κ3) is 4.75. The van der Waals surface area contributed by atoms with E-state index in [0.717, 1.165) is 16.9 Å². The molecule has 1 heterocycles. The maximum Gasteiger partial charge on any atom is 0.261 e. The van der Waals surface area contributed by atoms with E-state index in [1.807, 2.05) is 36.4 Å². The molecule has 0 aliphatic rings. The third-order valence-corrected chi connectivity index (χ3v) is 3.97. The zero-order valence-electron chi connectivity index (χ0n) is 11.2. The zero-order chi connectivity index (χ0) is 15.1. The summed E-state index contributed by atoms with van der Waals surface area (Å²) in [7, 11) is 0. The van der Waals surface area contributed by atoms with Gasteiger partial charge >= 0.3 is 0 Å². The number of halogens is 1. The maximum absolute atomic E-state index is 11.9. The number of amides is 1. The van der Waals surface area contributed by atoms with Crippen molar-refractivity contribution in [3.05, 3.63) is 62.8 Å². The van der Waals surface area contributed by atoms with E-state index in [-0.39, 0.29) is 11.5 Å². The third-order valence-electron chi connectivity index (χ3n) is 2.79. The monoisotopic (exact) mass is 316 g/mol. The minimum atomic E-state index is -0.363. The number of hydrogen-bond acceptors (Lipinski definition) is 3. The van der Waals surface area contributed by atoms with Crippen molar-refractivity contribution in [2.75, 3.05) is 6.54 Å². The quantitative estimate of drug-likeness (QED) is 0.676. The van der Waals surface area contributed by atoms with Crippen LogP contribution in [0, 0.1) is 11.3 Å². The molecule has 0 aliphatic heterocycles. The second-order valence-electron chi connectivity index (χ2n) is 4.30. The van der Waals surface area contributed by atoms with Gasteiger partial charge in [0.05, 0.1) is 4.34 Å². The fourth-order valence-electron chi connectivity index (χ4n) is 1.76. The Labute approximate surface area is 132 Å². The zero-order valence-corrected chi connectivity index (χ0v) is 12.7. The summed E-state index contributed by atoms with van der Waals surface area (Å²) >= 11 is 7.15. The van der Waals surface area contributed by atoms with Gasteiger partial charge in [-0.3, -0.25) is 4.79 Å². The van der Waals surface area contributed by atoms with Crippen molar-refractivity contribution in [3.63, 3.8) is 0 Å². The molecular weight excluding hydrogens is 304 g/mol. The number of nitrogens with one attached hydrogen (secondary N) is 1. The molecule has 0 atom stereocenters. The summed E-state index contributed by atoms with van der Waals surface area (Å²) < 4.78 is 0.628. The lowest BCUT2D eigenvalue weighted by atomic mass is 10.1. The van der Waals surface area contributed by atoms with E-state index in [1.54, 1.807) is 18.2 Å². The Morgan fingerprint density at radius 1 is 1.29 bits per heavy atom. The van der Waals surface area contributed by atoms with Crippen LogP contribution < -0.4 is 5.32 Å².